The summed E-state index contributed by atoms with van der Waals surface area (Å²) in [4.78, 5) is 28.2. The smallest absolute Gasteiger partial charge is 0.253 e. The molecule has 1 saturated heterocycles. The summed E-state index contributed by atoms with van der Waals surface area (Å²) >= 11 is 0. The molecule has 1 heterocycles. The van der Waals surface area contributed by atoms with E-state index in [9.17, 15) is 9.59 Å². The van der Waals surface area contributed by atoms with E-state index in [4.69, 9.17) is 4.74 Å². The standard InChI is InChI=1S/C19H28N2O3/c1-14(2)17(22)20-10-12-21(13-11-20)18(23)15-6-8-16(9-7-15)24-19(3,4)5/h6-9,14H,10-13H2,1-5H3. The number of benzene rings is 1. The molecule has 0 bridgehead atoms. The SMILES string of the molecule is CC(C)C(=O)N1CCN(C(=O)c2ccc(OC(C)(C)C)cc2)CC1. The van der Waals surface area contributed by atoms with Crippen molar-refractivity contribution < 1.29 is 14.3 Å². The fourth-order valence-electron chi connectivity index (χ4n) is 2.70. The maximum atomic E-state index is 12.6. The van der Waals surface area contributed by atoms with Crippen LogP contribution in [-0.2, 0) is 4.79 Å². The van der Waals surface area contributed by atoms with Crippen LogP contribution >= 0.6 is 0 Å². The zero-order chi connectivity index (χ0) is 17.9. The first-order chi connectivity index (χ1) is 11.2. The first-order valence-corrected chi connectivity index (χ1v) is 8.54. The molecule has 0 atom stereocenters. The molecular weight excluding hydrogens is 304 g/mol. The minimum atomic E-state index is -0.259. The second-order valence-corrected chi connectivity index (χ2v) is 7.51. The quantitative estimate of drug-likeness (QED) is 0.855. The van der Waals surface area contributed by atoms with Gasteiger partial charge in [-0.25, -0.2) is 0 Å². The van der Waals surface area contributed by atoms with E-state index in [1.54, 1.807) is 12.1 Å². The Morgan fingerprint density at radius 1 is 0.958 bits per heavy atom. The molecule has 2 rings (SSSR count). The van der Waals surface area contributed by atoms with Gasteiger partial charge in [0.25, 0.3) is 5.91 Å². The van der Waals surface area contributed by atoms with Gasteiger partial charge >= 0.3 is 0 Å². The van der Waals surface area contributed by atoms with Crippen LogP contribution in [0.3, 0.4) is 0 Å². The highest BCUT2D eigenvalue weighted by molar-refractivity contribution is 5.94. The number of hydrogen-bond donors (Lipinski definition) is 0. The molecule has 0 saturated carbocycles. The lowest BCUT2D eigenvalue weighted by atomic mass is 10.1. The second kappa shape index (κ2) is 7.24. The van der Waals surface area contributed by atoms with Gasteiger partial charge in [-0.1, -0.05) is 13.8 Å². The van der Waals surface area contributed by atoms with Crippen LogP contribution in [0.15, 0.2) is 24.3 Å². The molecule has 1 aliphatic heterocycles. The van der Waals surface area contributed by atoms with E-state index in [1.807, 2.05) is 56.6 Å². The van der Waals surface area contributed by atoms with Crippen molar-refractivity contribution in [3.63, 3.8) is 0 Å². The molecule has 1 fully saturated rings. The molecule has 1 aromatic carbocycles. The van der Waals surface area contributed by atoms with Gasteiger partial charge in [-0.15, -0.1) is 0 Å². The summed E-state index contributed by atoms with van der Waals surface area (Å²) in [5.74, 6) is 0.925. The molecule has 0 radical (unpaired) electrons. The van der Waals surface area contributed by atoms with E-state index in [0.717, 1.165) is 5.75 Å². The van der Waals surface area contributed by atoms with Gasteiger partial charge in [0.1, 0.15) is 11.4 Å². The monoisotopic (exact) mass is 332 g/mol. The number of ether oxygens (including phenoxy) is 1. The molecule has 1 aromatic rings. The van der Waals surface area contributed by atoms with Crippen molar-refractivity contribution in [3.8, 4) is 5.75 Å². The normalized spacial score (nSPS) is 15.6. The Morgan fingerprint density at radius 2 is 1.46 bits per heavy atom. The van der Waals surface area contributed by atoms with Crippen molar-refractivity contribution in [1.29, 1.82) is 0 Å². The van der Waals surface area contributed by atoms with Crippen molar-refractivity contribution in [2.45, 2.75) is 40.2 Å². The van der Waals surface area contributed by atoms with Gasteiger partial charge < -0.3 is 14.5 Å². The van der Waals surface area contributed by atoms with E-state index in [1.165, 1.54) is 0 Å². The minimum absolute atomic E-state index is 0.00242. The largest absolute Gasteiger partial charge is 0.488 e. The number of carbonyl (C=O) groups is 2. The predicted octanol–water partition coefficient (Wildman–Crippen LogP) is 2.80. The minimum Gasteiger partial charge on any atom is -0.488 e. The third-order valence-electron chi connectivity index (χ3n) is 3.90. The molecule has 0 aliphatic carbocycles. The van der Waals surface area contributed by atoms with Crippen LogP contribution in [0.25, 0.3) is 0 Å². The number of rotatable bonds is 3. The van der Waals surface area contributed by atoms with E-state index in [2.05, 4.69) is 0 Å². The topological polar surface area (TPSA) is 49.9 Å². The molecule has 0 aromatic heterocycles. The maximum absolute atomic E-state index is 12.6. The van der Waals surface area contributed by atoms with Gasteiger partial charge in [0, 0.05) is 37.7 Å². The highest BCUT2D eigenvalue weighted by Gasteiger charge is 2.26. The molecule has 24 heavy (non-hydrogen) atoms. The fraction of sp³-hybridized carbons (Fsp3) is 0.579. The average molecular weight is 332 g/mol. The third-order valence-corrected chi connectivity index (χ3v) is 3.90. The van der Waals surface area contributed by atoms with Crippen LogP contribution in [0.1, 0.15) is 45.0 Å². The highest BCUT2D eigenvalue weighted by Crippen LogP contribution is 2.19. The van der Waals surface area contributed by atoms with Crippen molar-refractivity contribution >= 4 is 11.8 Å². The van der Waals surface area contributed by atoms with Crippen molar-refractivity contribution in [1.82, 2.24) is 9.80 Å². The van der Waals surface area contributed by atoms with Crippen LogP contribution in [0, 0.1) is 5.92 Å². The molecular formula is C19H28N2O3. The molecule has 5 nitrogen and oxygen atoms in total. The first kappa shape index (κ1) is 18.3. The number of nitrogens with zero attached hydrogens (tertiary/aromatic N) is 2. The summed E-state index contributed by atoms with van der Waals surface area (Å²) in [5.41, 5.74) is 0.394. The van der Waals surface area contributed by atoms with Crippen LogP contribution in [0.2, 0.25) is 0 Å². The molecule has 2 amide bonds. The van der Waals surface area contributed by atoms with E-state index in [-0.39, 0.29) is 23.3 Å². The van der Waals surface area contributed by atoms with E-state index < -0.39 is 0 Å². The van der Waals surface area contributed by atoms with Gasteiger partial charge in [-0.3, -0.25) is 9.59 Å². The van der Waals surface area contributed by atoms with Crippen molar-refractivity contribution in [2.24, 2.45) is 5.92 Å². The number of amides is 2. The Kier molecular flexibility index (Phi) is 5.52. The van der Waals surface area contributed by atoms with Crippen LogP contribution in [-0.4, -0.2) is 53.4 Å². The summed E-state index contributed by atoms with van der Waals surface area (Å²) in [5, 5.41) is 0. The second-order valence-electron chi connectivity index (χ2n) is 7.51. The van der Waals surface area contributed by atoms with Gasteiger partial charge in [-0.05, 0) is 45.0 Å². The zero-order valence-electron chi connectivity index (χ0n) is 15.3. The molecule has 0 N–H and O–H groups in total. The summed E-state index contributed by atoms with van der Waals surface area (Å²) in [6.45, 7) is 12.1. The molecule has 132 valence electrons. The Bertz CT molecular complexity index is 580. The highest BCUT2D eigenvalue weighted by atomic mass is 16.5. The Hall–Kier alpha value is -2.04. The van der Waals surface area contributed by atoms with Crippen LogP contribution in [0.5, 0.6) is 5.75 Å². The number of carbonyl (C=O) groups excluding carboxylic acids is 2. The van der Waals surface area contributed by atoms with Crippen LogP contribution < -0.4 is 4.74 Å². The molecule has 5 heteroatoms. The third kappa shape index (κ3) is 4.73. The summed E-state index contributed by atoms with van der Waals surface area (Å²) in [7, 11) is 0. The molecule has 0 unspecified atom stereocenters. The number of hydrogen-bond acceptors (Lipinski definition) is 3. The van der Waals surface area contributed by atoms with E-state index in [0.29, 0.717) is 31.7 Å². The maximum Gasteiger partial charge on any atom is 0.253 e. The van der Waals surface area contributed by atoms with Gasteiger partial charge in [0.05, 0.1) is 0 Å². The van der Waals surface area contributed by atoms with Crippen molar-refractivity contribution in [3.05, 3.63) is 29.8 Å². The van der Waals surface area contributed by atoms with Crippen LogP contribution in [0.4, 0.5) is 0 Å². The zero-order valence-corrected chi connectivity index (χ0v) is 15.3. The average Bonchev–Trinajstić information content (AvgIpc) is 2.53. The lowest BCUT2D eigenvalue weighted by Gasteiger charge is -2.35. The summed E-state index contributed by atoms with van der Waals surface area (Å²) < 4.78 is 5.78. The summed E-state index contributed by atoms with van der Waals surface area (Å²) in [6, 6.07) is 7.26. The first-order valence-electron chi connectivity index (χ1n) is 8.54. The fourth-order valence-corrected chi connectivity index (χ4v) is 2.70. The summed E-state index contributed by atoms with van der Waals surface area (Å²) in [6.07, 6.45) is 0. The van der Waals surface area contributed by atoms with Gasteiger partial charge in [-0.2, -0.15) is 0 Å². The van der Waals surface area contributed by atoms with E-state index >= 15 is 0 Å². The predicted molar refractivity (Wildman–Crippen MR) is 94.1 cm³/mol. The van der Waals surface area contributed by atoms with Crippen molar-refractivity contribution in [2.75, 3.05) is 26.2 Å². The Balaban J connectivity index is 1.94. The molecule has 1 aliphatic rings. The van der Waals surface area contributed by atoms with Gasteiger partial charge in [0.2, 0.25) is 5.91 Å². The number of piperazine rings is 1. The van der Waals surface area contributed by atoms with Gasteiger partial charge in [0.15, 0.2) is 0 Å². The lowest BCUT2D eigenvalue weighted by molar-refractivity contribution is -0.135. The Labute approximate surface area is 144 Å². The lowest BCUT2D eigenvalue weighted by Crippen LogP contribution is -2.51. The molecule has 0 spiro atoms. The Morgan fingerprint density at radius 3 is 1.92 bits per heavy atom.